The predicted octanol–water partition coefficient (Wildman–Crippen LogP) is 4.71. The standard InChI is InChI=1S/C17H16N4O.C14H20F3N3/c1-3-4-15-9-14(11-20-17(15)18-2)6-5-13-7-8-19-16(10-13)21-12-22;1-18-12-4-3-11(13(9-12)14(15,16)17)10-20-7-5-19(2)6-8-20/h3,7-12H,1,4H2,2H3,(H,18,20)(H,19,21,22);3-4,9,18H,5-8,10H2,1-2H3. The minimum atomic E-state index is -4.31. The molecule has 0 radical (unpaired) electrons. The molecule has 11 heteroatoms. The Hall–Kier alpha value is -4.40. The fourth-order valence-corrected chi connectivity index (χ4v) is 4.29. The highest BCUT2D eigenvalue weighted by atomic mass is 19.4. The van der Waals surface area contributed by atoms with Crippen LogP contribution in [0.2, 0.25) is 0 Å². The molecule has 0 saturated carbocycles. The third-order valence-corrected chi connectivity index (χ3v) is 6.58. The maximum absolute atomic E-state index is 13.1. The molecule has 1 aliphatic heterocycles. The number of hydrogen-bond acceptors (Lipinski definition) is 7. The van der Waals surface area contributed by atoms with Crippen molar-refractivity contribution in [2.75, 3.05) is 63.3 Å². The molecule has 8 nitrogen and oxygen atoms in total. The van der Waals surface area contributed by atoms with Gasteiger partial charge in [0.1, 0.15) is 11.6 Å². The zero-order valence-electron chi connectivity index (χ0n) is 24.1. The molecule has 0 bridgehead atoms. The number of piperazine rings is 1. The van der Waals surface area contributed by atoms with Gasteiger partial charge in [0.2, 0.25) is 6.41 Å². The highest BCUT2D eigenvalue weighted by molar-refractivity contribution is 5.69. The topological polar surface area (TPSA) is 85.4 Å². The van der Waals surface area contributed by atoms with Crippen LogP contribution in [0.3, 0.4) is 0 Å². The molecule has 3 heterocycles. The van der Waals surface area contributed by atoms with E-state index < -0.39 is 11.7 Å². The van der Waals surface area contributed by atoms with Gasteiger partial charge in [0.15, 0.2) is 0 Å². The summed E-state index contributed by atoms with van der Waals surface area (Å²) in [4.78, 5) is 23.0. The number of hydrogen-bond donors (Lipinski definition) is 3. The van der Waals surface area contributed by atoms with Crippen LogP contribution in [0.25, 0.3) is 0 Å². The molecule has 4 rings (SSSR count). The number of carbonyl (C=O) groups is 1. The van der Waals surface area contributed by atoms with Crippen LogP contribution in [0.1, 0.15) is 27.8 Å². The Bertz CT molecular complexity index is 1410. The summed E-state index contributed by atoms with van der Waals surface area (Å²) < 4.78 is 39.4. The second-order valence-electron chi connectivity index (χ2n) is 9.62. The first kappa shape index (κ1) is 32.1. The monoisotopic (exact) mass is 579 g/mol. The van der Waals surface area contributed by atoms with Crippen molar-refractivity contribution in [3.05, 3.63) is 89.3 Å². The van der Waals surface area contributed by atoms with E-state index in [0.29, 0.717) is 30.0 Å². The lowest BCUT2D eigenvalue weighted by molar-refractivity contribution is -0.138. The Labute approximate surface area is 245 Å². The predicted molar refractivity (Wildman–Crippen MR) is 161 cm³/mol. The van der Waals surface area contributed by atoms with Crippen LogP contribution in [0, 0.1) is 11.8 Å². The summed E-state index contributed by atoms with van der Waals surface area (Å²) in [5.41, 5.74) is 2.92. The van der Waals surface area contributed by atoms with Crippen molar-refractivity contribution < 1.29 is 18.0 Å². The third kappa shape index (κ3) is 9.61. The van der Waals surface area contributed by atoms with Crippen molar-refractivity contribution in [1.82, 2.24) is 19.8 Å². The van der Waals surface area contributed by atoms with Gasteiger partial charge in [-0.25, -0.2) is 9.97 Å². The van der Waals surface area contributed by atoms with Crippen LogP contribution in [0.4, 0.5) is 30.5 Å². The van der Waals surface area contributed by atoms with Gasteiger partial charge in [-0.1, -0.05) is 24.0 Å². The number of alkyl halides is 3. The maximum Gasteiger partial charge on any atom is 0.416 e. The molecular formula is C31H36F3N7O. The van der Waals surface area contributed by atoms with Crippen molar-refractivity contribution in [3.8, 4) is 11.8 Å². The van der Waals surface area contributed by atoms with Gasteiger partial charge >= 0.3 is 6.18 Å². The molecule has 3 aromatic rings. The summed E-state index contributed by atoms with van der Waals surface area (Å²) in [6.45, 7) is 7.51. The molecule has 0 atom stereocenters. The second kappa shape index (κ2) is 15.6. The minimum absolute atomic E-state index is 0.348. The van der Waals surface area contributed by atoms with E-state index in [-0.39, 0.29) is 0 Å². The van der Waals surface area contributed by atoms with Crippen LogP contribution >= 0.6 is 0 Å². The minimum Gasteiger partial charge on any atom is -0.388 e. The van der Waals surface area contributed by atoms with E-state index in [2.05, 4.69) is 54.1 Å². The first-order valence-corrected chi connectivity index (χ1v) is 13.4. The smallest absolute Gasteiger partial charge is 0.388 e. The van der Waals surface area contributed by atoms with E-state index in [1.165, 1.54) is 6.07 Å². The van der Waals surface area contributed by atoms with Crippen LogP contribution in [-0.2, 0) is 23.9 Å². The van der Waals surface area contributed by atoms with Crippen LogP contribution in [0.5, 0.6) is 0 Å². The summed E-state index contributed by atoms with van der Waals surface area (Å²) in [6, 6.07) is 9.93. The number of likely N-dealkylation sites (N-methyl/N-ethyl adjacent to an activating group) is 1. The van der Waals surface area contributed by atoms with E-state index in [1.807, 2.05) is 26.2 Å². The van der Waals surface area contributed by atoms with Crippen molar-refractivity contribution >= 4 is 23.7 Å². The van der Waals surface area contributed by atoms with Crippen molar-refractivity contribution in [1.29, 1.82) is 0 Å². The number of carbonyl (C=O) groups excluding carboxylic acids is 1. The summed E-state index contributed by atoms with van der Waals surface area (Å²) >= 11 is 0. The zero-order chi connectivity index (χ0) is 30.5. The van der Waals surface area contributed by atoms with Crippen LogP contribution in [-0.4, -0.2) is 73.5 Å². The number of rotatable bonds is 8. The molecule has 1 aromatic carbocycles. The lowest BCUT2D eigenvalue weighted by Gasteiger charge is -2.33. The van der Waals surface area contributed by atoms with Gasteiger partial charge in [0.05, 0.1) is 5.56 Å². The number of allylic oxidation sites excluding steroid dienone is 1. The van der Waals surface area contributed by atoms with Gasteiger partial charge in [0, 0.05) is 76.0 Å². The van der Waals surface area contributed by atoms with Crippen LogP contribution < -0.4 is 16.0 Å². The van der Waals surface area contributed by atoms with Gasteiger partial charge in [-0.15, -0.1) is 6.58 Å². The molecule has 1 fully saturated rings. The number of aromatic nitrogens is 2. The molecule has 2 aromatic heterocycles. The summed E-state index contributed by atoms with van der Waals surface area (Å²) in [6.07, 6.45) is 2.14. The highest BCUT2D eigenvalue weighted by Gasteiger charge is 2.34. The quantitative estimate of drug-likeness (QED) is 0.203. The molecule has 1 aliphatic rings. The Morgan fingerprint density at radius 1 is 0.976 bits per heavy atom. The lowest BCUT2D eigenvalue weighted by Crippen LogP contribution is -2.44. The molecule has 0 aliphatic carbocycles. The Morgan fingerprint density at radius 3 is 2.36 bits per heavy atom. The van der Waals surface area contributed by atoms with Crippen LogP contribution in [0.15, 0.2) is 61.4 Å². The molecule has 0 unspecified atom stereocenters. The number of pyridine rings is 2. The molecule has 42 heavy (non-hydrogen) atoms. The van der Waals surface area contributed by atoms with E-state index in [4.69, 9.17) is 0 Å². The molecule has 222 valence electrons. The first-order valence-electron chi connectivity index (χ1n) is 13.4. The normalized spacial score (nSPS) is 13.6. The summed E-state index contributed by atoms with van der Waals surface area (Å²) in [7, 11) is 5.48. The number of anilines is 3. The molecule has 3 N–H and O–H groups in total. The summed E-state index contributed by atoms with van der Waals surface area (Å²) in [5, 5.41) is 8.30. The van der Waals surface area contributed by atoms with E-state index in [1.54, 1.807) is 43.7 Å². The van der Waals surface area contributed by atoms with Crippen molar-refractivity contribution in [2.24, 2.45) is 0 Å². The average Bonchev–Trinajstić information content (AvgIpc) is 2.98. The second-order valence-corrected chi connectivity index (χ2v) is 9.62. The number of nitrogens with one attached hydrogen (secondary N) is 3. The number of nitrogens with zero attached hydrogens (tertiary/aromatic N) is 4. The van der Waals surface area contributed by atoms with Crippen molar-refractivity contribution in [3.63, 3.8) is 0 Å². The molecule has 1 amide bonds. The molecular weight excluding hydrogens is 543 g/mol. The Kier molecular flexibility index (Phi) is 11.9. The SMILES string of the molecule is C=CCc1cc(C#Cc2ccnc(NC=O)c2)cnc1NC.CNc1ccc(CN2CCN(C)CC2)c(C(F)(F)F)c1. The lowest BCUT2D eigenvalue weighted by atomic mass is 10.0. The van der Waals surface area contributed by atoms with Gasteiger partial charge in [-0.05, 0) is 54.9 Å². The van der Waals surface area contributed by atoms with E-state index in [0.717, 1.165) is 55.1 Å². The number of benzene rings is 1. The Balaban J connectivity index is 0.000000231. The fourth-order valence-electron chi connectivity index (χ4n) is 4.29. The number of halogens is 3. The van der Waals surface area contributed by atoms with Crippen molar-refractivity contribution in [2.45, 2.75) is 19.1 Å². The van der Waals surface area contributed by atoms with Gasteiger partial charge in [0.25, 0.3) is 0 Å². The maximum atomic E-state index is 13.1. The summed E-state index contributed by atoms with van der Waals surface area (Å²) in [5.74, 6) is 7.39. The highest BCUT2D eigenvalue weighted by Crippen LogP contribution is 2.34. The van der Waals surface area contributed by atoms with E-state index >= 15 is 0 Å². The first-order chi connectivity index (χ1) is 20.2. The third-order valence-electron chi connectivity index (χ3n) is 6.58. The van der Waals surface area contributed by atoms with Gasteiger partial charge < -0.3 is 20.9 Å². The van der Waals surface area contributed by atoms with Gasteiger partial charge in [-0.3, -0.25) is 9.69 Å². The fraction of sp³-hybridized carbons (Fsp3) is 0.323. The molecule has 0 spiro atoms. The molecule has 1 saturated heterocycles. The van der Waals surface area contributed by atoms with E-state index in [9.17, 15) is 18.0 Å². The largest absolute Gasteiger partial charge is 0.416 e. The zero-order valence-corrected chi connectivity index (χ0v) is 24.1. The number of amides is 1. The van der Waals surface area contributed by atoms with Gasteiger partial charge in [-0.2, -0.15) is 13.2 Å². The average molecular weight is 580 g/mol. The Morgan fingerprint density at radius 2 is 1.71 bits per heavy atom.